The summed E-state index contributed by atoms with van der Waals surface area (Å²) in [4.78, 5) is 29.0. The van der Waals surface area contributed by atoms with Crippen LogP contribution in [0.4, 0.5) is 13.2 Å². The van der Waals surface area contributed by atoms with E-state index >= 15 is 0 Å². The minimum atomic E-state index is -4.71. The van der Waals surface area contributed by atoms with Crippen LogP contribution in [-0.2, 0) is 17.5 Å². The average molecular weight is 473 g/mol. The molecule has 2 aromatic heterocycles. The predicted octanol–water partition coefficient (Wildman–Crippen LogP) is 2.97. The van der Waals surface area contributed by atoms with Crippen molar-refractivity contribution in [2.75, 3.05) is 0 Å². The Kier molecular flexibility index (Phi) is 6.05. The number of aromatic hydroxyl groups is 1. The SMILES string of the molecule is O=C(NC1(C(=O)NCc2ccc(Oc3ccc(O)cc3C(F)(F)F)cn2)CC1)c1ccnnc1. The quantitative estimate of drug-likeness (QED) is 0.482. The van der Waals surface area contributed by atoms with Crippen LogP contribution in [0.2, 0.25) is 0 Å². The fourth-order valence-corrected chi connectivity index (χ4v) is 3.12. The van der Waals surface area contributed by atoms with Gasteiger partial charge in [-0.2, -0.15) is 23.4 Å². The van der Waals surface area contributed by atoms with E-state index in [1.165, 1.54) is 36.8 Å². The van der Waals surface area contributed by atoms with Crippen LogP contribution in [-0.4, -0.2) is 37.6 Å². The molecule has 0 radical (unpaired) electrons. The maximum Gasteiger partial charge on any atom is 0.420 e. The maximum absolute atomic E-state index is 13.2. The van der Waals surface area contributed by atoms with Gasteiger partial charge in [-0.05, 0) is 49.2 Å². The van der Waals surface area contributed by atoms with Crippen molar-refractivity contribution in [2.24, 2.45) is 0 Å². The van der Waals surface area contributed by atoms with E-state index in [-0.39, 0.29) is 23.8 Å². The number of amides is 2. The number of aromatic nitrogens is 3. The molecule has 0 unspecified atom stereocenters. The Morgan fingerprint density at radius 3 is 2.50 bits per heavy atom. The molecule has 1 aromatic carbocycles. The number of phenols is 1. The second kappa shape index (κ2) is 8.96. The molecule has 3 aromatic rings. The first-order chi connectivity index (χ1) is 16.2. The molecule has 0 aliphatic heterocycles. The summed E-state index contributed by atoms with van der Waals surface area (Å²) < 4.78 is 44.8. The molecule has 9 nitrogen and oxygen atoms in total. The molecule has 1 aliphatic rings. The monoisotopic (exact) mass is 473 g/mol. The number of ether oxygens (including phenoxy) is 1. The second-order valence-corrected chi connectivity index (χ2v) is 7.62. The van der Waals surface area contributed by atoms with E-state index < -0.39 is 34.7 Å². The van der Waals surface area contributed by atoms with E-state index in [1.807, 2.05) is 0 Å². The highest BCUT2D eigenvalue weighted by molar-refractivity contribution is 6.00. The lowest BCUT2D eigenvalue weighted by Gasteiger charge is -2.17. The summed E-state index contributed by atoms with van der Waals surface area (Å²) in [5.74, 6) is -1.78. The third-order valence-electron chi connectivity index (χ3n) is 5.11. The fourth-order valence-electron chi connectivity index (χ4n) is 3.12. The van der Waals surface area contributed by atoms with Crippen LogP contribution in [0, 0.1) is 0 Å². The molecule has 12 heteroatoms. The minimum absolute atomic E-state index is 0.0422. The summed E-state index contributed by atoms with van der Waals surface area (Å²) in [7, 11) is 0. The Labute approximate surface area is 191 Å². The van der Waals surface area contributed by atoms with Crippen LogP contribution >= 0.6 is 0 Å². The summed E-state index contributed by atoms with van der Waals surface area (Å²) >= 11 is 0. The molecular formula is C22H18F3N5O4. The minimum Gasteiger partial charge on any atom is -0.508 e. The van der Waals surface area contributed by atoms with Crippen molar-refractivity contribution in [1.82, 2.24) is 25.8 Å². The smallest absolute Gasteiger partial charge is 0.420 e. The number of rotatable bonds is 7. The Balaban J connectivity index is 1.35. The molecule has 176 valence electrons. The van der Waals surface area contributed by atoms with Crippen molar-refractivity contribution >= 4 is 11.8 Å². The van der Waals surface area contributed by atoms with E-state index in [0.717, 1.165) is 12.1 Å². The molecule has 1 saturated carbocycles. The average Bonchev–Trinajstić information content (AvgIpc) is 3.60. The van der Waals surface area contributed by atoms with E-state index in [4.69, 9.17) is 4.74 Å². The van der Waals surface area contributed by atoms with E-state index in [2.05, 4.69) is 25.8 Å². The van der Waals surface area contributed by atoms with Gasteiger partial charge in [0, 0.05) is 0 Å². The van der Waals surface area contributed by atoms with E-state index in [0.29, 0.717) is 24.6 Å². The first kappa shape index (κ1) is 23.0. The zero-order valence-electron chi connectivity index (χ0n) is 17.5. The molecule has 3 N–H and O–H groups in total. The Bertz CT molecular complexity index is 1200. The summed E-state index contributed by atoms with van der Waals surface area (Å²) in [6.45, 7) is 0.0422. The lowest BCUT2D eigenvalue weighted by molar-refractivity contribution is -0.138. The zero-order valence-corrected chi connectivity index (χ0v) is 17.5. The molecule has 2 heterocycles. The summed E-state index contributed by atoms with van der Waals surface area (Å²) in [6, 6.07) is 7.05. The van der Waals surface area contributed by atoms with Gasteiger partial charge in [0.25, 0.3) is 5.91 Å². The summed E-state index contributed by atoms with van der Waals surface area (Å²) in [5.41, 5.74) is -1.41. The number of hydrogen-bond donors (Lipinski definition) is 3. The second-order valence-electron chi connectivity index (χ2n) is 7.62. The number of nitrogens with zero attached hydrogens (tertiary/aromatic N) is 3. The molecule has 0 atom stereocenters. The highest BCUT2D eigenvalue weighted by Gasteiger charge is 2.51. The predicted molar refractivity (Wildman–Crippen MR) is 111 cm³/mol. The fraction of sp³-hybridized carbons (Fsp3) is 0.227. The Morgan fingerprint density at radius 1 is 1.09 bits per heavy atom. The van der Waals surface area contributed by atoms with Gasteiger partial charge in [-0.1, -0.05) is 0 Å². The molecule has 1 aliphatic carbocycles. The van der Waals surface area contributed by atoms with Crippen LogP contribution in [0.5, 0.6) is 17.2 Å². The number of pyridine rings is 1. The van der Waals surface area contributed by atoms with Gasteiger partial charge in [0.15, 0.2) is 0 Å². The van der Waals surface area contributed by atoms with Crippen molar-refractivity contribution in [1.29, 1.82) is 0 Å². The standard InChI is InChI=1S/C22H18F3N5O4/c23-22(24,25)17-9-15(31)2-4-18(17)34-16-3-1-14(26-12-16)11-27-20(33)21(6-7-21)30-19(32)13-5-8-28-29-10-13/h1-5,8-10,12,31H,6-7,11H2,(H,27,33)(H,30,32). The number of carbonyl (C=O) groups is 2. The van der Waals surface area contributed by atoms with Crippen molar-refractivity contribution < 1.29 is 32.6 Å². The number of carbonyl (C=O) groups excluding carboxylic acids is 2. The van der Waals surface area contributed by atoms with Gasteiger partial charge < -0.3 is 20.5 Å². The highest BCUT2D eigenvalue weighted by atomic mass is 19.4. The number of hydrogen-bond acceptors (Lipinski definition) is 7. The molecular weight excluding hydrogens is 455 g/mol. The number of alkyl halides is 3. The third kappa shape index (κ3) is 5.22. The van der Waals surface area contributed by atoms with Gasteiger partial charge in [0.05, 0.1) is 36.4 Å². The molecule has 2 amide bonds. The van der Waals surface area contributed by atoms with Gasteiger partial charge >= 0.3 is 6.18 Å². The maximum atomic E-state index is 13.2. The zero-order chi connectivity index (χ0) is 24.3. The van der Waals surface area contributed by atoms with Gasteiger partial charge in [-0.3, -0.25) is 14.6 Å². The molecule has 0 spiro atoms. The van der Waals surface area contributed by atoms with Crippen LogP contribution in [0.1, 0.15) is 34.5 Å². The summed E-state index contributed by atoms with van der Waals surface area (Å²) in [5, 5.41) is 22.0. The normalized spacial score (nSPS) is 14.2. The van der Waals surface area contributed by atoms with Crippen molar-refractivity contribution in [2.45, 2.75) is 31.1 Å². The molecule has 0 bridgehead atoms. The first-order valence-electron chi connectivity index (χ1n) is 10.1. The van der Waals surface area contributed by atoms with E-state index in [1.54, 1.807) is 0 Å². The van der Waals surface area contributed by atoms with Crippen molar-refractivity contribution in [3.8, 4) is 17.2 Å². The molecule has 0 saturated heterocycles. The number of nitrogens with one attached hydrogen (secondary N) is 2. The number of phenolic OH excluding ortho intramolecular Hbond substituents is 1. The topological polar surface area (TPSA) is 126 Å². The lowest BCUT2D eigenvalue weighted by Crippen LogP contribution is -2.48. The van der Waals surface area contributed by atoms with Crippen LogP contribution < -0.4 is 15.4 Å². The lowest BCUT2D eigenvalue weighted by atomic mass is 10.2. The largest absolute Gasteiger partial charge is 0.508 e. The van der Waals surface area contributed by atoms with Crippen LogP contribution in [0.25, 0.3) is 0 Å². The van der Waals surface area contributed by atoms with Gasteiger partial charge in [-0.25, -0.2) is 0 Å². The number of halogens is 3. The molecule has 34 heavy (non-hydrogen) atoms. The van der Waals surface area contributed by atoms with E-state index in [9.17, 15) is 27.9 Å². The van der Waals surface area contributed by atoms with Gasteiger partial charge in [0.2, 0.25) is 5.91 Å². The third-order valence-corrected chi connectivity index (χ3v) is 5.11. The summed E-state index contributed by atoms with van der Waals surface area (Å²) in [6.07, 6.45) is 0.147. The molecule has 1 fully saturated rings. The number of benzene rings is 1. The Morgan fingerprint density at radius 2 is 1.88 bits per heavy atom. The first-order valence-corrected chi connectivity index (χ1v) is 10.1. The van der Waals surface area contributed by atoms with Gasteiger partial charge in [0.1, 0.15) is 28.4 Å². The van der Waals surface area contributed by atoms with Crippen LogP contribution in [0.15, 0.2) is 55.0 Å². The van der Waals surface area contributed by atoms with Crippen LogP contribution in [0.3, 0.4) is 0 Å². The molecule has 4 rings (SSSR count). The van der Waals surface area contributed by atoms with Gasteiger partial charge in [-0.15, -0.1) is 0 Å². The highest BCUT2D eigenvalue weighted by Crippen LogP contribution is 2.40. The Hall–Kier alpha value is -4.22. The van der Waals surface area contributed by atoms with Crippen molar-refractivity contribution in [3.63, 3.8) is 0 Å². The van der Waals surface area contributed by atoms with Crippen molar-refractivity contribution in [3.05, 3.63) is 71.8 Å².